The van der Waals surface area contributed by atoms with Gasteiger partial charge < -0.3 is 10.7 Å². The van der Waals surface area contributed by atoms with Gasteiger partial charge in [-0.2, -0.15) is 0 Å². The molecule has 0 spiro atoms. The van der Waals surface area contributed by atoms with Crippen LogP contribution in [-0.4, -0.2) is 15.9 Å². The number of aryl methyl sites for hydroxylation is 1. The maximum atomic E-state index is 11.7. The molecule has 4 nitrogen and oxygen atoms in total. The van der Waals surface area contributed by atoms with E-state index in [0.29, 0.717) is 5.69 Å². The molecule has 4 heteroatoms. The highest BCUT2D eigenvalue weighted by Crippen LogP contribution is 2.34. The Morgan fingerprint density at radius 2 is 1.95 bits per heavy atom. The van der Waals surface area contributed by atoms with Crippen LogP contribution in [-0.2, 0) is 0 Å². The van der Waals surface area contributed by atoms with E-state index < -0.39 is 5.91 Å². The molecule has 4 rings (SSSR count). The van der Waals surface area contributed by atoms with Crippen molar-refractivity contribution >= 4 is 38.5 Å². The van der Waals surface area contributed by atoms with Crippen molar-refractivity contribution < 1.29 is 4.79 Å². The summed E-state index contributed by atoms with van der Waals surface area (Å²) >= 11 is 0. The third-order valence-electron chi connectivity index (χ3n) is 4.00. The van der Waals surface area contributed by atoms with E-state index >= 15 is 0 Å². The van der Waals surface area contributed by atoms with E-state index in [0.717, 1.165) is 38.1 Å². The number of nitrogens with two attached hydrogens (primary N) is 1. The molecule has 0 saturated carbocycles. The molecule has 2 heterocycles. The standard InChI is InChI=1S/C17H13N3O/c1-9-14-10(6-7-19-16(14)17(18)21)8-13-15(9)11-4-2-3-5-12(11)20-13/h2-8,20H,1H3,(H2,18,21). The van der Waals surface area contributed by atoms with Gasteiger partial charge in [-0.25, -0.2) is 0 Å². The van der Waals surface area contributed by atoms with Crippen molar-refractivity contribution in [1.29, 1.82) is 0 Å². The van der Waals surface area contributed by atoms with E-state index in [1.807, 2.05) is 37.3 Å². The lowest BCUT2D eigenvalue weighted by Crippen LogP contribution is -2.13. The van der Waals surface area contributed by atoms with Crippen molar-refractivity contribution in [1.82, 2.24) is 9.97 Å². The number of H-pyrrole nitrogens is 1. The predicted molar refractivity (Wildman–Crippen MR) is 84.4 cm³/mol. The minimum absolute atomic E-state index is 0.331. The third-order valence-corrected chi connectivity index (χ3v) is 4.00. The Bertz CT molecular complexity index is 1030. The maximum absolute atomic E-state index is 11.7. The first-order valence-corrected chi connectivity index (χ1v) is 6.75. The van der Waals surface area contributed by atoms with Gasteiger partial charge in [0.1, 0.15) is 5.69 Å². The van der Waals surface area contributed by atoms with E-state index in [9.17, 15) is 4.79 Å². The monoisotopic (exact) mass is 275 g/mol. The molecule has 0 aliphatic heterocycles. The molecule has 0 atom stereocenters. The highest BCUT2D eigenvalue weighted by Gasteiger charge is 2.15. The number of carbonyl (C=O) groups excluding carboxylic acids is 1. The fraction of sp³-hybridized carbons (Fsp3) is 0.0588. The second kappa shape index (κ2) is 4.06. The number of rotatable bonds is 1. The molecule has 102 valence electrons. The molecule has 0 aliphatic carbocycles. The normalized spacial score (nSPS) is 11.5. The summed E-state index contributed by atoms with van der Waals surface area (Å²) in [5, 5.41) is 4.07. The van der Waals surface area contributed by atoms with Crippen LogP contribution < -0.4 is 5.73 Å². The second-order valence-electron chi connectivity index (χ2n) is 5.22. The molecule has 2 aromatic carbocycles. The predicted octanol–water partition coefficient (Wildman–Crippen LogP) is 3.28. The van der Waals surface area contributed by atoms with Gasteiger partial charge in [0.25, 0.3) is 5.91 Å². The van der Waals surface area contributed by atoms with E-state index in [4.69, 9.17) is 5.73 Å². The highest BCUT2D eigenvalue weighted by molar-refractivity contribution is 6.17. The molecule has 3 N–H and O–H groups in total. The molecule has 0 aliphatic rings. The number of nitrogens with zero attached hydrogens (tertiary/aromatic N) is 1. The second-order valence-corrected chi connectivity index (χ2v) is 5.22. The third kappa shape index (κ3) is 1.56. The van der Waals surface area contributed by atoms with Crippen molar-refractivity contribution in [2.75, 3.05) is 0 Å². The lowest BCUT2D eigenvalue weighted by molar-refractivity contribution is 0.0997. The summed E-state index contributed by atoms with van der Waals surface area (Å²) in [5.41, 5.74) is 8.97. The average Bonchev–Trinajstić information content (AvgIpc) is 2.85. The first-order chi connectivity index (χ1) is 10.2. The average molecular weight is 275 g/mol. The minimum Gasteiger partial charge on any atom is -0.364 e. The van der Waals surface area contributed by atoms with Crippen LogP contribution in [0.5, 0.6) is 0 Å². The zero-order chi connectivity index (χ0) is 14.6. The Kier molecular flexibility index (Phi) is 2.30. The largest absolute Gasteiger partial charge is 0.364 e. The molecule has 0 radical (unpaired) electrons. The van der Waals surface area contributed by atoms with Crippen molar-refractivity contribution in [2.24, 2.45) is 5.73 Å². The van der Waals surface area contributed by atoms with Crippen LogP contribution in [0, 0.1) is 6.92 Å². The van der Waals surface area contributed by atoms with Gasteiger partial charge in [-0.1, -0.05) is 18.2 Å². The number of hydrogen-bond acceptors (Lipinski definition) is 2. The molecule has 0 saturated heterocycles. The summed E-state index contributed by atoms with van der Waals surface area (Å²) in [6.07, 6.45) is 1.62. The molecule has 21 heavy (non-hydrogen) atoms. The SMILES string of the molecule is Cc1c2c(C(N)=O)nccc2cc2[nH]c3ccccc3c12. The molecular weight excluding hydrogens is 262 g/mol. The summed E-state index contributed by atoms with van der Waals surface area (Å²) in [4.78, 5) is 19.2. The number of nitrogens with one attached hydrogen (secondary N) is 1. The molecule has 0 fully saturated rings. The Morgan fingerprint density at radius 1 is 1.14 bits per heavy atom. The number of carbonyl (C=O) groups is 1. The van der Waals surface area contributed by atoms with Crippen LogP contribution in [0.2, 0.25) is 0 Å². The van der Waals surface area contributed by atoms with Gasteiger partial charge in [-0.3, -0.25) is 9.78 Å². The van der Waals surface area contributed by atoms with Crippen molar-refractivity contribution in [3.63, 3.8) is 0 Å². The molecule has 1 amide bonds. The molecular formula is C17H13N3O. The lowest BCUT2D eigenvalue weighted by atomic mass is 9.98. The fourth-order valence-electron chi connectivity index (χ4n) is 3.13. The first-order valence-electron chi connectivity index (χ1n) is 6.75. The summed E-state index contributed by atoms with van der Waals surface area (Å²) in [6, 6.07) is 12.1. The number of aromatic amines is 1. The Hall–Kier alpha value is -2.88. The van der Waals surface area contributed by atoms with Gasteiger partial charge in [0, 0.05) is 33.4 Å². The summed E-state index contributed by atoms with van der Waals surface area (Å²) in [5.74, 6) is -0.497. The van der Waals surface area contributed by atoms with E-state index in [2.05, 4.69) is 16.0 Å². The smallest absolute Gasteiger partial charge is 0.267 e. The van der Waals surface area contributed by atoms with Gasteiger partial charge in [0.2, 0.25) is 0 Å². The Labute approximate surface area is 120 Å². The molecule has 2 aromatic heterocycles. The van der Waals surface area contributed by atoms with Gasteiger partial charge >= 0.3 is 0 Å². The summed E-state index contributed by atoms with van der Waals surface area (Å²) in [6.45, 7) is 2.01. The summed E-state index contributed by atoms with van der Waals surface area (Å²) < 4.78 is 0. The maximum Gasteiger partial charge on any atom is 0.267 e. The van der Waals surface area contributed by atoms with Crippen molar-refractivity contribution in [3.8, 4) is 0 Å². The van der Waals surface area contributed by atoms with E-state index in [1.165, 1.54) is 0 Å². The number of aromatic nitrogens is 2. The van der Waals surface area contributed by atoms with Gasteiger partial charge in [-0.05, 0) is 36.1 Å². The van der Waals surface area contributed by atoms with Crippen LogP contribution in [0.15, 0.2) is 42.6 Å². The van der Waals surface area contributed by atoms with Crippen LogP contribution >= 0.6 is 0 Å². The van der Waals surface area contributed by atoms with Gasteiger partial charge in [0.05, 0.1) is 0 Å². The van der Waals surface area contributed by atoms with Gasteiger partial charge in [0.15, 0.2) is 0 Å². The minimum atomic E-state index is -0.497. The topological polar surface area (TPSA) is 71.8 Å². The molecule has 0 bridgehead atoms. The number of hydrogen-bond donors (Lipinski definition) is 2. The molecule has 0 unspecified atom stereocenters. The van der Waals surface area contributed by atoms with E-state index in [-0.39, 0.29) is 0 Å². The first kappa shape index (κ1) is 11.9. The Morgan fingerprint density at radius 3 is 2.76 bits per heavy atom. The summed E-state index contributed by atoms with van der Waals surface area (Å²) in [7, 11) is 0. The van der Waals surface area contributed by atoms with Gasteiger partial charge in [-0.15, -0.1) is 0 Å². The lowest BCUT2D eigenvalue weighted by Gasteiger charge is -2.07. The highest BCUT2D eigenvalue weighted by atomic mass is 16.1. The number of primary amides is 1. The fourth-order valence-corrected chi connectivity index (χ4v) is 3.13. The quantitative estimate of drug-likeness (QED) is 0.559. The number of para-hydroxylation sites is 1. The van der Waals surface area contributed by atoms with Crippen molar-refractivity contribution in [3.05, 3.63) is 53.9 Å². The zero-order valence-corrected chi connectivity index (χ0v) is 11.5. The number of amides is 1. The van der Waals surface area contributed by atoms with E-state index in [1.54, 1.807) is 6.20 Å². The van der Waals surface area contributed by atoms with Crippen LogP contribution in [0.1, 0.15) is 16.1 Å². The van der Waals surface area contributed by atoms with Crippen molar-refractivity contribution in [2.45, 2.75) is 6.92 Å². The van der Waals surface area contributed by atoms with Crippen LogP contribution in [0.3, 0.4) is 0 Å². The molecule has 4 aromatic rings. The Balaban J connectivity index is 2.30. The number of fused-ring (bicyclic) bond motifs is 4. The zero-order valence-electron chi connectivity index (χ0n) is 11.5. The number of pyridine rings is 1. The number of benzene rings is 2. The van der Waals surface area contributed by atoms with Crippen LogP contribution in [0.4, 0.5) is 0 Å². The van der Waals surface area contributed by atoms with Crippen LogP contribution in [0.25, 0.3) is 32.6 Å².